The Morgan fingerprint density at radius 1 is 1.05 bits per heavy atom. The molecule has 0 aliphatic heterocycles. The lowest BCUT2D eigenvalue weighted by atomic mass is 10.0. The molecule has 0 radical (unpaired) electrons. The molecular weight excluding hydrogens is 238 g/mol. The van der Waals surface area contributed by atoms with Gasteiger partial charge in [0.25, 0.3) is 0 Å². The van der Waals surface area contributed by atoms with Gasteiger partial charge in [0.05, 0.1) is 5.56 Å². The molecule has 0 saturated carbocycles. The molecule has 0 aliphatic carbocycles. The van der Waals surface area contributed by atoms with Crippen LogP contribution in [0.15, 0.2) is 53.3 Å². The summed E-state index contributed by atoms with van der Waals surface area (Å²) < 4.78 is 5.13. The van der Waals surface area contributed by atoms with Crippen LogP contribution in [0.4, 0.5) is 5.88 Å². The SMILES string of the molecule is Cc1ccc(-c2noc(N)c2-c2cccnc2)cc1. The first-order valence-corrected chi connectivity index (χ1v) is 5.98. The molecule has 4 heteroatoms. The number of anilines is 1. The number of benzene rings is 1. The fourth-order valence-corrected chi connectivity index (χ4v) is 2.00. The number of aromatic nitrogens is 2. The average molecular weight is 251 g/mol. The van der Waals surface area contributed by atoms with Crippen molar-refractivity contribution in [3.05, 3.63) is 54.4 Å². The molecule has 3 rings (SSSR count). The van der Waals surface area contributed by atoms with Gasteiger partial charge in [0.2, 0.25) is 5.88 Å². The van der Waals surface area contributed by atoms with Gasteiger partial charge in [0.1, 0.15) is 5.69 Å². The van der Waals surface area contributed by atoms with Gasteiger partial charge in [0.15, 0.2) is 0 Å². The highest BCUT2D eigenvalue weighted by molar-refractivity contribution is 5.86. The Morgan fingerprint density at radius 3 is 2.53 bits per heavy atom. The lowest BCUT2D eigenvalue weighted by molar-refractivity contribution is 0.439. The van der Waals surface area contributed by atoms with E-state index >= 15 is 0 Å². The lowest BCUT2D eigenvalue weighted by Crippen LogP contribution is -1.88. The van der Waals surface area contributed by atoms with Crippen LogP contribution in [0.1, 0.15) is 5.56 Å². The van der Waals surface area contributed by atoms with Crippen molar-refractivity contribution in [1.82, 2.24) is 10.1 Å². The van der Waals surface area contributed by atoms with Crippen LogP contribution in [0.25, 0.3) is 22.4 Å². The minimum Gasteiger partial charge on any atom is -0.367 e. The molecule has 2 aromatic heterocycles. The zero-order valence-electron chi connectivity index (χ0n) is 10.5. The summed E-state index contributed by atoms with van der Waals surface area (Å²) in [6.07, 6.45) is 3.47. The highest BCUT2D eigenvalue weighted by Gasteiger charge is 2.17. The summed E-state index contributed by atoms with van der Waals surface area (Å²) in [6.45, 7) is 2.04. The number of rotatable bonds is 2. The minimum absolute atomic E-state index is 0.309. The maximum Gasteiger partial charge on any atom is 0.230 e. The number of nitrogens with two attached hydrogens (primary N) is 1. The molecule has 3 aromatic rings. The van der Waals surface area contributed by atoms with Crippen molar-refractivity contribution in [2.45, 2.75) is 6.92 Å². The quantitative estimate of drug-likeness (QED) is 0.759. The van der Waals surface area contributed by atoms with E-state index in [0.29, 0.717) is 5.88 Å². The molecule has 19 heavy (non-hydrogen) atoms. The highest BCUT2D eigenvalue weighted by Crippen LogP contribution is 2.35. The van der Waals surface area contributed by atoms with E-state index in [2.05, 4.69) is 10.1 Å². The van der Waals surface area contributed by atoms with Gasteiger partial charge in [-0.15, -0.1) is 0 Å². The molecule has 0 bridgehead atoms. The van der Waals surface area contributed by atoms with E-state index in [1.807, 2.05) is 43.3 Å². The van der Waals surface area contributed by atoms with Crippen LogP contribution >= 0.6 is 0 Å². The van der Waals surface area contributed by atoms with Gasteiger partial charge >= 0.3 is 0 Å². The maximum atomic E-state index is 5.88. The molecule has 4 nitrogen and oxygen atoms in total. The zero-order valence-corrected chi connectivity index (χ0v) is 10.5. The van der Waals surface area contributed by atoms with E-state index in [4.69, 9.17) is 10.3 Å². The van der Waals surface area contributed by atoms with Crippen molar-refractivity contribution in [3.63, 3.8) is 0 Å². The Balaban J connectivity index is 2.16. The fourth-order valence-electron chi connectivity index (χ4n) is 2.00. The van der Waals surface area contributed by atoms with Gasteiger partial charge in [-0.3, -0.25) is 4.98 Å². The maximum absolute atomic E-state index is 5.88. The first kappa shape index (κ1) is 11.5. The van der Waals surface area contributed by atoms with Crippen molar-refractivity contribution in [2.24, 2.45) is 0 Å². The number of pyridine rings is 1. The van der Waals surface area contributed by atoms with Crippen molar-refractivity contribution < 1.29 is 4.52 Å². The largest absolute Gasteiger partial charge is 0.367 e. The van der Waals surface area contributed by atoms with Crippen molar-refractivity contribution in [2.75, 3.05) is 5.73 Å². The fraction of sp³-hybridized carbons (Fsp3) is 0.0667. The van der Waals surface area contributed by atoms with E-state index < -0.39 is 0 Å². The van der Waals surface area contributed by atoms with Gasteiger partial charge in [0, 0.05) is 23.5 Å². The smallest absolute Gasteiger partial charge is 0.230 e. The predicted octanol–water partition coefficient (Wildman–Crippen LogP) is 3.29. The summed E-state index contributed by atoms with van der Waals surface area (Å²) >= 11 is 0. The van der Waals surface area contributed by atoms with E-state index in [9.17, 15) is 0 Å². The third-order valence-electron chi connectivity index (χ3n) is 2.99. The van der Waals surface area contributed by atoms with Crippen molar-refractivity contribution in [3.8, 4) is 22.4 Å². The number of aryl methyl sites for hydroxylation is 1. The van der Waals surface area contributed by atoms with Crippen LogP contribution < -0.4 is 5.73 Å². The highest BCUT2D eigenvalue weighted by atomic mass is 16.5. The van der Waals surface area contributed by atoms with Gasteiger partial charge < -0.3 is 10.3 Å². The first-order valence-electron chi connectivity index (χ1n) is 5.98. The van der Waals surface area contributed by atoms with E-state index in [1.165, 1.54) is 5.56 Å². The monoisotopic (exact) mass is 251 g/mol. The van der Waals surface area contributed by atoms with Gasteiger partial charge in [-0.05, 0) is 13.0 Å². The summed E-state index contributed by atoms with van der Waals surface area (Å²) in [7, 11) is 0. The van der Waals surface area contributed by atoms with Gasteiger partial charge in [-0.25, -0.2) is 0 Å². The van der Waals surface area contributed by atoms with Crippen molar-refractivity contribution in [1.29, 1.82) is 0 Å². The van der Waals surface area contributed by atoms with E-state index in [-0.39, 0.29) is 0 Å². The van der Waals surface area contributed by atoms with Gasteiger partial charge in [-0.1, -0.05) is 41.1 Å². The normalized spacial score (nSPS) is 10.6. The summed E-state index contributed by atoms with van der Waals surface area (Å²) in [4.78, 5) is 4.11. The number of nitrogen functional groups attached to an aromatic ring is 1. The number of hydrogen-bond acceptors (Lipinski definition) is 4. The molecule has 0 saturated heterocycles. The average Bonchev–Trinajstić information content (AvgIpc) is 2.82. The van der Waals surface area contributed by atoms with E-state index in [0.717, 1.165) is 22.4 Å². The molecule has 0 unspecified atom stereocenters. The molecule has 1 aromatic carbocycles. The summed E-state index contributed by atoms with van der Waals surface area (Å²) in [5.41, 5.74) is 10.5. The standard InChI is InChI=1S/C15H13N3O/c1-10-4-6-11(7-5-10)14-13(15(16)19-18-14)12-3-2-8-17-9-12/h2-9H,16H2,1H3. The Labute approximate surface area is 110 Å². The second kappa shape index (κ2) is 4.57. The predicted molar refractivity (Wildman–Crippen MR) is 74.3 cm³/mol. The molecule has 0 spiro atoms. The summed E-state index contributed by atoms with van der Waals surface area (Å²) in [5.74, 6) is 0.309. The first-order chi connectivity index (χ1) is 9.25. The Bertz CT molecular complexity index is 687. The summed E-state index contributed by atoms with van der Waals surface area (Å²) in [6, 6.07) is 11.9. The molecule has 2 heterocycles. The zero-order chi connectivity index (χ0) is 13.2. The third-order valence-corrected chi connectivity index (χ3v) is 2.99. The van der Waals surface area contributed by atoms with Crippen LogP contribution in [0, 0.1) is 6.92 Å². The molecule has 0 fully saturated rings. The van der Waals surface area contributed by atoms with Crippen LogP contribution in [-0.2, 0) is 0 Å². The topological polar surface area (TPSA) is 64.9 Å². The Hall–Kier alpha value is -2.62. The molecule has 0 aliphatic rings. The molecule has 2 N–H and O–H groups in total. The molecule has 0 atom stereocenters. The van der Waals surface area contributed by atoms with Crippen LogP contribution in [0.5, 0.6) is 0 Å². The Morgan fingerprint density at radius 2 is 1.84 bits per heavy atom. The molecule has 0 amide bonds. The number of hydrogen-bond donors (Lipinski definition) is 1. The lowest BCUT2D eigenvalue weighted by Gasteiger charge is -2.02. The third kappa shape index (κ3) is 2.08. The second-order valence-corrected chi connectivity index (χ2v) is 4.38. The van der Waals surface area contributed by atoms with Crippen LogP contribution in [0.3, 0.4) is 0 Å². The minimum atomic E-state index is 0.309. The molecule has 94 valence electrons. The number of nitrogens with zero attached hydrogens (tertiary/aromatic N) is 2. The van der Waals surface area contributed by atoms with Crippen LogP contribution in [-0.4, -0.2) is 10.1 Å². The van der Waals surface area contributed by atoms with Crippen LogP contribution in [0.2, 0.25) is 0 Å². The van der Waals surface area contributed by atoms with E-state index in [1.54, 1.807) is 12.4 Å². The Kier molecular flexibility index (Phi) is 2.76. The second-order valence-electron chi connectivity index (χ2n) is 4.38. The molecular formula is C15H13N3O. The summed E-state index contributed by atoms with van der Waals surface area (Å²) in [5, 5.41) is 4.06. The van der Waals surface area contributed by atoms with Crippen molar-refractivity contribution >= 4 is 5.88 Å². The van der Waals surface area contributed by atoms with Gasteiger partial charge in [-0.2, -0.15) is 0 Å².